The predicted molar refractivity (Wildman–Crippen MR) is 52.5 cm³/mol. The predicted octanol–water partition coefficient (Wildman–Crippen LogP) is 1.47. The Morgan fingerprint density at radius 2 is 1.83 bits per heavy atom. The van der Waals surface area contributed by atoms with Gasteiger partial charge < -0.3 is 10.1 Å². The van der Waals surface area contributed by atoms with Crippen LogP contribution in [0, 0.1) is 0 Å². The van der Waals surface area contributed by atoms with Gasteiger partial charge in [-0.2, -0.15) is 0 Å². The summed E-state index contributed by atoms with van der Waals surface area (Å²) in [6, 6.07) is 3.18. The van der Waals surface area contributed by atoms with Gasteiger partial charge in [-0.15, -0.1) is 13.2 Å². The quantitative estimate of drug-likeness (QED) is 0.791. The molecule has 1 aromatic rings. The third-order valence-corrected chi connectivity index (χ3v) is 2.23. The minimum Gasteiger partial charge on any atom is -0.405 e. The first-order valence-electron chi connectivity index (χ1n) is 4.83. The number of carbonyl (C=O) groups excluding carboxylic acids is 2. The van der Waals surface area contributed by atoms with Gasteiger partial charge in [0.05, 0.1) is 0 Å². The van der Waals surface area contributed by atoms with Crippen molar-refractivity contribution in [1.29, 1.82) is 0 Å². The Bertz CT molecular complexity index is 501. The second-order valence-corrected chi connectivity index (χ2v) is 3.48. The zero-order chi connectivity index (χ0) is 13.3. The molecule has 2 rings (SSSR count). The molecule has 1 atom stereocenters. The first kappa shape index (κ1) is 12.2. The molecule has 8 heteroatoms. The van der Waals surface area contributed by atoms with Crippen LogP contribution in [0.15, 0.2) is 24.3 Å². The topological polar surface area (TPSA) is 67.4 Å². The third-order valence-electron chi connectivity index (χ3n) is 2.23. The van der Waals surface area contributed by atoms with E-state index >= 15 is 0 Å². The van der Waals surface area contributed by atoms with E-state index < -0.39 is 30.1 Å². The molecule has 2 N–H and O–H groups in total. The summed E-state index contributed by atoms with van der Waals surface area (Å²) in [7, 11) is 0. The van der Waals surface area contributed by atoms with E-state index in [1.165, 1.54) is 18.2 Å². The summed E-state index contributed by atoms with van der Waals surface area (Å²) < 4.78 is 40.3. The van der Waals surface area contributed by atoms with Crippen LogP contribution in [-0.4, -0.2) is 18.3 Å². The van der Waals surface area contributed by atoms with Crippen molar-refractivity contribution in [2.24, 2.45) is 0 Å². The molecule has 1 saturated heterocycles. The SMILES string of the molecule is O=C1NC(=O)[C@@H](c2ccccc2OC(F)(F)F)N1. The van der Waals surface area contributed by atoms with Gasteiger partial charge in [0.15, 0.2) is 0 Å². The van der Waals surface area contributed by atoms with E-state index in [0.717, 1.165) is 6.07 Å². The van der Waals surface area contributed by atoms with Crippen molar-refractivity contribution >= 4 is 11.9 Å². The second kappa shape index (κ2) is 4.21. The molecule has 1 aliphatic heterocycles. The smallest absolute Gasteiger partial charge is 0.405 e. The van der Waals surface area contributed by atoms with E-state index in [9.17, 15) is 22.8 Å². The summed E-state index contributed by atoms with van der Waals surface area (Å²) in [5.41, 5.74) is -0.0572. The lowest BCUT2D eigenvalue weighted by Gasteiger charge is -2.15. The number of benzene rings is 1. The van der Waals surface area contributed by atoms with Crippen molar-refractivity contribution in [1.82, 2.24) is 10.6 Å². The summed E-state index contributed by atoms with van der Waals surface area (Å²) in [5, 5.41) is 4.13. The fourth-order valence-corrected chi connectivity index (χ4v) is 1.57. The number of rotatable bonds is 2. The molecule has 18 heavy (non-hydrogen) atoms. The van der Waals surface area contributed by atoms with Gasteiger partial charge in [0, 0.05) is 5.56 Å². The number of nitrogens with one attached hydrogen (secondary N) is 2. The van der Waals surface area contributed by atoms with E-state index in [2.05, 4.69) is 10.1 Å². The molecule has 1 aromatic carbocycles. The number of urea groups is 1. The van der Waals surface area contributed by atoms with Gasteiger partial charge >= 0.3 is 12.4 Å². The number of hydrogen-bond acceptors (Lipinski definition) is 3. The number of para-hydroxylation sites is 1. The number of alkyl halides is 3. The first-order valence-corrected chi connectivity index (χ1v) is 4.83. The molecule has 0 radical (unpaired) electrons. The van der Waals surface area contributed by atoms with E-state index in [4.69, 9.17) is 0 Å². The molecule has 0 aliphatic carbocycles. The molecular weight excluding hydrogens is 253 g/mol. The number of halogens is 3. The maximum atomic E-state index is 12.2. The normalized spacial score (nSPS) is 19.4. The fraction of sp³-hybridized carbons (Fsp3) is 0.200. The standard InChI is InChI=1S/C10H7F3N2O3/c11-10(12,13)18-6-4-2-1-3-5(6)7-8(16)15-9(17)14-7/h1-4,7H,(H2,14,15,16,17)/t7-/m1/s1. The molecule has 0 spiro atoms. The van der Waals surface area contributed by atoms with Crippen molar-refractivity contribution < 1.29 is 27.5 Å². The van der Waals surface area contributed by atoms with Crippen LogP contribution in [0.3, 0.4) is 0 Å². The Hall–Kier alpha value is -2.25. The van der Waals surface area contributed by atoms with E-state index in [-0.39, 0.29) is 5.56 Å². The third kappa shape index (κ3) is 2.53. The second-order valence-electron chi connectivity index (χ2n) is 3.48. The first-order chi connectivity index (χ1) is 8.37. The number of ether oxygens (including phenoxy) is 1. The van der Waals surface area contributed by atoms with Crippen molar-refractivity contribution in [3.8, 4) is 5.75 Å². The monoisotopic (exact) mass is 260 g/mol. The summed E-state index contributed by atoms with van der Waals surface area (Å²) in [5.74, 6) is -1.24. The van der Waals surface area contributed by atoms with E-state index in [1.54, 1.807) is 0 Å². The average molecular weight is 260 g/mol. The number of carbonyl (C=O) groups is 2. The summed E-state index contributed by atoms with van der Waals surface area (Å²) >= 11 is 0. The zero-order valence-corrected chi connectivity index (χ0v) is 8.75. The summed E-state index contributed by atoms with van der Waals surface area (Å²) in [4.78, 5) is 22.3. The maximum absolute atomic E-state index is 12.2. The van der Waals surface area contributed by atoms with Crippen LogP contribution in [0.2, 0.25) is 0 Å². The Morgan fingerprint density at radius 3 is 2.39 bits per heavy atom. The molecule has 1 aliphatic rings. The largest absolute Gasteiger partial charge is 0.573 e. The minimum atomic E-state index is -4.87. The van der Waals surface area contributed by atoms with Crippen molar-refractivity contribution in [2.75, 3.05) is 0 Å². The molecule has 96 valence electrons. The highest BCUT2D eigenvalue weighted by Crippen LogP contribution is 2.31. The number of hydrogen-bond donors (Lipinski definition) is 2. The van der Waals surface area contributed by atoms with Crippen molar-refractivity contribution in [3.63, 3.8) is 0 Å². The Balaban J connectivity index is 2.33. The summed E-state index contributed by atoms with van der Waals surface area (Å²) in [6.07, 6.45) is -4.87. The van der Waals surface area contributed by atoms with Crippen LogP contribution in [0.4, 0.5) is 18.0 Å². The Labute approximate surface area is 98.9 Å². The van der Waals surface area contributed by atoms with Gasteiger partial charge in [0.25, 0.3) is 5.91 Å². The lowest BCUT2D eigenvalue weighted by Crippen LogP contribution is -2.23. The van der Waals surface area contributed by atoms with Gasteiger partial charge in [-0.3, -0.25) is 10.1 Å². The number of imide groups is 1. The lowest BCUT2D eigenvalue weighted by atomic mass is 10.1. The van der Waals surface area contributed by atoms with Crippen LogP contribution in [0.1, 0.15) is 11.6 Å². The van der Waals surface area contributed by atoms with Crippen molar-refractivity contribution in [2.45, 2.75) is 12.4 Å². The molecular formula is C10H7F3N2O3. The molecule has 3 amide bonds. The highest BCUT2D eigenvalue weighted by Gasteiger charge is 2.37. The average Bonchev–Trinajstić information content (AvgIpc) is 2.56. The van der Waals surface area contributed by atoms with Gasteiger partial charge in [0.1, 0.15) is 11.8 Å². The lowest BCUT2D eigenvalue weighted by molar-refractivity contribution is -0.275. The minimum absolute atomic E-state index is 0.0572. The zero-order valence-electron chi connectivity index (χ0n) is 8.75. The molecule has 0 unspecified atom stereocenters. The van der Waals surface area contributed by atoms with Crippen LogP contribution in [-0.2, 0) is 4.79 Å². The van der Waals surface area contributed by atoms with Gasteiger partial charge in [-0.1, -0.05) is 18.2 Å². The number of amides is 3. The van der Waals surface area contributed by atoms with Crippen LogP contribution in [0.5, 0.6) is 5.75 Å². The molecule has 0 bridgehead atoms. The van der Waals surface area contributed by atoms with Gasteiger partial charge in [-0.25, -0.2) is 4.79 Å². The molecule has 1 fully saturated rings. The Kier molecular flexibility index (Phi) is 2.85. The highest BCUT2D eigenvalue weighted by atomic mass is 19.4. The molecule has 1 heterocycles. The van der Waals surface area contributed by atoms with E-state index in [0.29, 0.717) is 0 Å². The Morgan fingerprint density at radius 1 is 1.17 bits per heavy atom. The maximum Gasteiger partial charge on any atom is 0.573 e. The summed E-state index contributed by atoms with van der Waals surface area (Å²) in [6.45, 7) is 0. The highest BCUT2D eigenvalue weighted by molar-refractivity contribution is 6.04. The fourth-order valence-electron chi connectivity index (χ4n) is 1.57. The van der Waals surface area contributed by atoms with Gasteiger partial charge in [0.2, 0.25) is 0 Å². The van der Waals surface area contributed by atoms with Gasteiger partial charge in [-0.05, 0) is 6.07 Å². The van der Waals surface area contributed by atoms with Crippen LogP contribution in [0.25, 0.3) is 0 Å². The molecule has 0 aromatic heterocycles. The molecule has 5 nitrogen and oxygen atoms in total. The van der Waals surface area contributed by atoms with E-state index in [1.807, 2.05) is 5.32 Å². The van der Waals surface area contributed by atoms with Crippen LogP contribution < -0.4 is 15.4 Å². The van der Waals surface area contributed by atoms with Crippen molar-refractivity contribution in [3.05, 3.63) is 29.8 Å². The van der Waals surface area contributed by atoms with Crippen LogP contribution >= 0.6 is 0 Å². The molecule has 0 saturated carbocycles.